The van der Waals surface area contributed by atoms with Gasteiger partial charge in [-0.1, -0.05) is 45.9 Å². The lowest BCUT2D eigenvalue weighted by atomic mass is 9.85. The highest BCUT2D eigenvalue weighted by atomic mass is 19.4. The number of carbonyl (C=O) groups excluding carboxylic acids is 1. The van der Waals surface area contributed by atoms with Gasteiger partial charge in [0.25, 0.3) is 0 Å². The number of hydrogen-bond acceptors (Lipinski definition) is 2. The minimum Gasteiger partial charge on any atom is -0.378 e. The van der Waals surface area contributed by atoms with Crippen LogP contribution < -0.4 is 5.32 Å². The Labute approximate surface area is 257 Å². The summed E-state index contributed by atoms with van der Waals surface area (Å²) in [6.07, 6.45) is -13.5. The Bertz CT molecular complexity index is 1420. The summed E-state index contributed by atoms with van der Waals surface area (Å²) in [5.74, 6) is -0.596. The second-order valence-electron chi connectivity index (χ2n) is 12.2. The molecule has 0 aliphatic rings. The van der Waals surface area contributed by atoms with Gasteiger partial charge in [0.2, 0.25) is 0 Å². The summed E-state index contributed by atoms with van der Waals surface area (Å²) in [6, 6.07) is 9.74. The van der Waals surface area contributed by atoms with Gasteiger partial charge >= 0.3 is 18.5 Å². The lowest BCUT2D eigenvalue weighted by Crippen LogP contribution is -2.17. The lowest BCUT2D eigenvalue weighted by molar-refractivity contribution is -0.143. The van der Waals surface area contributed by atoms with Crippen LogP contribution in [0.1, 0.15) is 93.7 Å². The number of anilines is 1. The average molecular weight is 646 g/mol. The summed E-state index contributed by atoms with van der Waals surface area (Å²) in [5.41, 5.74) is -2.30. The maximum absolute atomic E-state index is 13.7. The summed E-state index contributed by atoms with van der Waals surface area (Å²) in [6.45, 7) is 9.00. The molecule has 0 aliphatic heterocycles. The molecule has 0 amide bonds. The van der Waals surface area contributed by atoms with Crippen LogP contribution in [0.3, 0.4) is 0 Å². The zero-order valence-corrected chi connectivity index (χ0v) is 25.5. The second-order valence-corrected chi connectivity index (χ2v) is 12.2. The maximum Gasteiger partial charge on any atom is 0.416 e. The topological polar surface area (TPSA) is 29.1 Å². The molecule has 246 valence electrons. The summed E-state index contributed by atoms with van der Waals surface area (Å²) in [7, 11) is 0. The molecule has 0 heterocycles. The normalized spacial score (nSPS) is 14.1. The Morgan fingerprint density at radius 3 is 1.60 bits per heavy atom. The van der Waals surface area contributed by atoms with Crippen LogP contribution in [0.4, 0.5) is 45.2 Å². The fourth-order valence-electron chi connectivity index (χ4n) is 5.17. The van der Waals surface area contributed by atoms with E-state index in [4.69, 9.17) is 0 Å². The Balaban J connectivity index is 2.21. The van der Waals surface area contributed by atoms with E-state index >= 15 is 0 Å². The van der Waals surface area contributed by atoms with Crippen LogP contribution in [-0.4, -0.2) is 5.78 Å². The minimum atomic E-state index is -5.03. The summed E-state index contributed by atoms with van der Waals surface area (Å²) in [5, 5.41) is 3.12. The fourth-order valence-corrected chi connectivity index (χ4v) is 5.17. The Morgan fingerprint density at radius 1 is 0.622 bits per heavy atom. The van der Waals surface area contributed by atoms with Crippen LogP contribution in [-0.2, 0) is 23.3 Å². The van der Waals surface area contributed by atoms with Crippen LogP contribution in [0.15, 0.2) is 60.7 Å². The molecule has 1 N–H and O–H groups in total. The van der Waals surface area contributed by atoms with E-state index in [1.807, 2.05) is 27.7 Å². The van der Waals surface area contributed by atoms with Gasteiger partial charge in [0.1, 0.15) is 5.78 Å². The molecule has 11 heteroatoms. The van der Waals surface area contributed by atoms with Gasteiger partial charge in [-0.15, -0.1) is 0 Å². The van der Waals surface area contributed by atoms with Crippen molar-refractivity contribution in [3.63, 3.8) is 0 Å². The van der Waals surface area contributed by atoms with Gasteiger partial charge < -0.3 is 5.32 Å². The number of rotatable bonds is 11. The first-order chi connectivity index (χ1) is 20.6. The van der Waals surface area contributed by atoms with E-state index in [9.17, 15) is 44.3 Å². The van der Waals surface area contributed by atoms with E-state index in [-0.39, 0.29) is 35.7 Å². The molecule has 0 fully saturated rings. The molecule has 2 unspecified atom stereocenters. The number of hydrogen-bond donors (Lipinski definition) is 1. The Kier molecular flexibility index (Phi) is 11.1. The lowest BCUT2D eigenvalue weighted by Gasteiger charge is -2.25. The third-order valence-corrected chi connectivity index (χ3v) is 7.49. The molecule has 2 nitrogen and oxygen atoms in total. The van der Waals surface area contributed by atoms with Gasteiger partial charge in [-0.2, -0.15) is 39.5 Å². The standard InChI is InChI=1S/C34H36F9NO/c1-19(2)6-11-31(25-14-27(33(38,39)40)18-28(15-25)34(41,42)43)44-29-16-23(22-7-9-26(10-8-22)32(35,36)37)13-24(17-29)30(21(5)45)12-20(3)4/h7-10,13-20,30-31,44H,6,11-12H2,1-5H3. The zero-order chi connectivity index (χ0) is 33.9. The monoisotopic (exact) mass is 645 g/mol. The maximum atomic E-state index is 13.7. The molecule has 0 bridgehead atoms. The molecular weight excluding hydrogens is 609 g/mol. The first kappa shape index (κ1) is 36.0. The number of carbonyl (C=O) groups is 1. The van der Waals surface area contributed by atoms with Crippen molar-refractivity contribution in [3.05, 3.63) is 88.5 Å². The predicted molar refractivity (Wildman–Crippen MR) is 157 cm³/mol. The third kappa shape index (κ3) is 9.99. The van der Waals surface area contributed by atoms with Crippen LogP contribution in [0, 0.1) is 11.8 Å². The fraction of sp³-hybridized carbons (Fsp3) is 0.441. The molecule has 0 saturated heterocycles. The Morgan fingerprint density at radius 2 is 1.16 bits per heavy atom. The number of nitrogens with one attached hydrogen (secondary N) is 1. The number of ketones is 1. The van der Waals surface area contributed by atoms with Crippen molar-refractivity contribution in [2.45, 2.75) is 84.4 Å². The smallest absolute Gasteiger partial charge is 0.378 e. The number of benzene rings is 3. The van der Waals surface area contributed by atoms with Crippen molar-refractivity contribution < 1.29 is 44.3 Å². The highest BCUT2D eigenvalue weighted by Crippen LogP contribution is 2.40. The van der Waals surface area contributed by atoms with Crippen LogP contribution >= 0.6 is 0 Å². The van der Waals surface area contributed by atoms with Gasteiger partial charge in [-0.05, 0) is 103 Å². The van der Waals surface area contributed by atoms with Crippen molar-refractivity contribution in [1.82, 2.24) is 0 Å². The number of Topliss-reactive ketones (excluding diaryl/α,β-unsaturated/α-hetero) is 1. The first-order valence-electron chi connectivity index (χ1n) is 14.5. The summed E-state index contributed by atoms with van der Waals surface area (Å²) >= 11 is 0. The van der Waals surface area contributed by atoms with E-state index in [1.54, 1.807) is 18.2 Å². The molecule has 2 atom stereocenters. The average Bonchev–Trinajstić information content (AvgIpc) is 2.92. The van der Waals surface area contributed by atoms with Crippen LogP contribution in [0.25, 0.3) is 11.1 Å². The zero-order valence-electron chi connectivity index (χ0n) is 25.5. The van der Waals surface area contributed by atoms with Gasteiger partial charge in [-0.3, -0.25) is 4.79 Å². The van der Waals surface area contributed by atoms with Gasteiger partial charge in [-0.25, -0.2) is 0 Å². The van der Waals surface area contributed by atoms with Crippen LogP contribution in [0.5, 0.6) is 0 Å². The van der Waals surface area contributed by atoms with Gasteiger partial charge in [0.15, 0.2) is 0 Å². The highest BCUT2D eigenvalue weighted by Gasteiger charge is 2.38. The molecule has 0 saturated carbocycles. The number of alkyl halides is 9. The van der Waals surface area contributed by atoms with E-state index in [2.05, 4.69) is 5.32 Å². The van der Waals surface area contributed by atoms with E-state index in [0.717, 1.165) is 12.1 Å². The molecule has 0 spiro atoms. The van der Waals surface area contributed by atoms with Gasteiger partial charge in [0.05, 0.1) is 22.7 Å². The molecular formula is C34H36F9NO. The van der Waals surface area contributed by atoms with Gasteiger partial charge in [0, 0.05) is 11.6 Å². The highest BCUT2D eigenvalue weighted by molar-refractivity contribution is 5.85. The van der Waals surface area contributed by atoms with Crippen molar-refractivity contribution >= 4 is 11.5 Å². The summed E-state index contributed by atoms with van der Waals surface area (Å²) in [4.78, 5) is 12.7. The molecule has 0 aromatic heterocycles. The van der Waals surface area contributed by atoms with E-state index in [0.29, 0.717) is 47.4 Å². The molecule has 0 aliphatic carbocycles. The molecule has 3 aromatic carbocycles. The second kappa shape index (κ2) is 13.9. The van der Waals surface area contributed by atoms with Crippen LogP contribution in [0.2, 0.25) is 0 Å². The SMILES string of the molecule is CC(=O)C(CC(C)C)c1cc(NC(CCC(C)C)c2cc(C(F)(F)F)cc(C(F)(F)F)c2)cc(-c2ccc(C(F)(F)F)cc2)c1. The van der Waals surface area contributed by atoms with E-state index < -0.39 is 47.2 Å². The molecule has 3 rings (SSSR count). The summed E-state index contributed by atoms with van der Waals surface area (Å²) < 4.78 is 122. The molecule has 45 heavy (non-hydrogen) atoms. The first-order valence-corrected chi connectivity index (χ1v) is 14.5. The van der Waals surface area contributed by atoms with Crippen molar-refractivity contribution in [1.29, 1.82) is 0 Å². The Hall–Kier alpha value is -3.50. The quantitative estimate of drug-likeness (QED) is 0.210. The predicted octanol–water partition coefficient (Wildman–Crippen LogP) is 11.7. The van der Waals surface area contributed by atoms with Crippen molar-refractivity contribution in [3.8, 4) is 11.1 Å². The van der Waals surface area contributed by atoms with Crippen molar-refractivity contribution in [2.75, 3.05) is 5.32 Å². The largest absolute Gasteiger partial charge is 0.416 e. The molecule has 3 aromatic rings. The third-order valence-electron chi connectivity index (χ3n) is 7.49. The van der Waals surface area contributed by atoms with E-state index in [1.165, 1.54) is 19.1 Å². The minimum absolute atomic E-state index is 0.0735. The van der Waals surface area contributed by atoms with Crippen molar-refractivity contribution in [2.24, 2.45) is 11.8 Å². The molecule has 0 radical (unpaired) electrons. The number of halogens is 9.